The zero-order valence-electron chi connectivity index (χ0n) is 11.8. The van der Waals surface area contributed by atoms with Gasteiger partial charge >= 0.3 is 0 Å². The van der Waals surface area contributed by atoms with Gasteiger partial charge in [-0.2, -0.15) is 0 Å². The fourth-order valence-corrected chi connectivity index (χ4v) is 1.83. The molecule has 0 aliphatic carbocycles. The molecule has 0 bridgehead atoms. The van der Waals surface area contributed by atoms with Crippen molar-refractivity contribution in [2.45, 2.75) is 77.6 Å². The molecule has 0 aromatic carbocycles. The molecule has 0 aromatic rings. The number of allylic oxidation sites excluding steroid dienone is 4. The van der Waals surface area contributed by atoms with E-state index in [0.717, 1.165) is 6.42 Å². The van der Waals surface area contributed by atoms with Crippen molar-refractivity contribution in [3.8, 4) is 0 Å². The molecule has 0 spiro atoms. The molecule has 0 aliphatic heterocycles. The van der Waals surface area contributed by atoms with E-state index in [1.54, 1.807) is 0 Å². The van der Waals surface area contributed by atoms with Gasteiger partial charge in [-0.25, -0.2) is 0 Å². The maximum atomic E-state index is 3.86. The molecule has 99 valence electrons. The van der Waals surface area contributed by atoms with E-state index in [-0.39, 0.29) is 0 Å². The topological polar surface area (TPSA) is 0 Å². The number of rotatable bonds is 12. The monoisotopic (exact) mass is 235 g/mol. The molecule has 0 aromatic heterocycles. The maximum absolute atomic E-state index is 3.86. The Kier molecular flexibility index (Phi) is 15.0. The average Bonchev–Trinajstić information content (AvgIpc) is 2.35. The molecule has 0 saturated carbocycles. The molecule has 0 rings (SSSR count). The van der Waals surface area contributed by atoms with Crippen LogP contribution in [-0.2, 0) is 0 Å². The van der Waals surface area contributed by atoms with Crippen LogP contribution in [0.1, 0.15) is 77.6 Å². The van der Waals surface area contributed by atoms with Crippen molar-refractivity contribution in [2.24, 2.45) is 0 Å². The Bertz CT molecular complexity index is 176. The molecule has 0 amide bonds. The lowest BCUT2D eigenvalue weighted by Crippen LogP contribution is -1.75. The summed E-state index contributed by atoms with van der Waals surface area (Å²) in [5.41, 5.74) is 0. The number of hydrogen-bond donors (Lipinski definition) is 0. The summed E-state index contributed by atoms with van der Waals surface area (Å²) in [6, 6.07) is 0. The van der Waals surface area contributed by atoms with Crippen LogP contribution in [0.2, 0.25) is 0 Å². The molecule has 17 heavy (non-hydrogen) atoms. The zero-order chi connectivity index (χ0) is 12.6. The van der Waals surface area contributed by atoms with Gasteiger partial charge < -0.3 is 0 Å². The standard InChI is InChI=1S/C17H31/c1-3-5-7-9-11-13-15-17-16-14-12-10-8-6-4-2/h14-17H,1,3-13H2,2H3/b16-14-,17-15-. The Balaban J connectivity index is 3.15. The molecule has 0 heterocycles. The third-order valence-electron chi connectivity index (χ3n) is 2.98. The van der Waals surface area contributed by atoms with Crippen LogP contribution in [0.4, 0.5) is 0 Å². The zero-order valence-corrected chi connectivity index (χ0v) is 11.8. The normalized spacial score (nSPS) is 11.9. The second-order valence-electron chi connectivity index (χ2n) is 4.76. The molecule has 1 radical (unpaired) electrons. The molecule has 0 fully saturated rings. The molecule has 0 unspecified atom stereocenters. The fourth-order valence-electron chi connectivity index (χ4n) is 1.83. The highest BCUT2D eigenvalue weighted by Gasteiger charge is 1.86. The molecule has 0 aliphatic rings. The second kappa shape index (κ2) is 15.5. The van der Waals surface area contributed by atoms with Crippen molar-refractivity contribution in [2.75, 3.05) is 0 Å². The van der Waals surface area contributed by atoms with Gasteiger partial charge in [0, 0.05) is 0 Å². The minimum Gasteiger partial charge on any atom is -0.0845 e. The van der Waals surface area contributed by atoms with E-state index in [1.165, 1.54) is 64.2 Å². The third-order valence-corrected chi connectivity index (χ3v) is 2.98. The summed E-state index contributed by atoms with van der Waals surface area (Å²) in [5.74, 6) is 0. The Morgan fingerprint density at radius 2 is 1.24 bits per heavy atom. The van der Waals surface area contributed by atoms with Crippen LogP contribution in [0.25, 0.3) is 0 Å². The van der Waals surface area contributed by atoms with Crippen LogP contribution in [0, 0.1) is 6.92 Å². The lowest BCUT2D eigenvalue weighted by Gasteiger charge is -1.95. The molecule has 0 nitrogen and oxygen atoms in total. The predicted molar refractivity (Wildman–Crippen MR) is 80.1 cm³/mol. The van der Waals surface area contributed by atoms with Crippen LogP contribution >= 0.6 is 0 Å². The Morgan fingerprint density at radius 3 is 1.76 bits per heavy atom. The first-order valence-electron chi connectivity index (χ1n) is 7.52. The van der Waals surface area contributed by atoms with Crippen molar-refractivity contribution in [1.82, 2.24) is 0 Å². The van der Waals surface area contributed by atoms with E-state index >= 15 is 0 Å². The summed E-state index contributed by atoms with van der Waals surface area (Å²) in [6.07, 6.45) is 23.4. The van der Waals surface area contributed by atoms with Gasteiger partial charge in [0.15, 0.2) is 0 Å². The minimum absolute atomic E-state index is 1.09. The van der Waals surface area contributed by atoms with Gasteiger partial charge in [0.2, 0.25) is 0 Å². The third kappa shape index (κ3) is 15.5. The van der Waals surface area contributed by atoms with E-state index in [1.807, 2.05) is 0 Å². The van der Waals surface area contributed by atoms with Crippen molar-refractivity contribution in [1.29, 1.82) is 0 Å². The highest BCUT2D eigenvalue weighted by molar-refractivity contribution is 5.02. The van der Waals surface area contributed by atoms with Gasteiger partial charge in [0.05, 0.1) is 0 Å². The highest BCUT2D eigenvalue weighted by Crippen LogP contribution is 2.05. The Morgan fingerprint density at radius 1 is 0.706 bits per heavy atom. The van der Waals surface area contributed by atoms with E-state index < -0.39 is 0 Å². The van der Waals surface area contributed by atoms with Gasteiger partial charge in [-0.15, -0.1) is 0 Å². The molecular weight excluding hydrogens is 204 g/mol. The quantitative estimate of drug-likeness (QED) is 0.277. The van der Waals surface area contributed by atoms with Crippen molar-refractivity contribution in [3.05, 3.63) is 31.2 Å². The van der Waals surface area contributed by atoms with Crippen LogP contribution < -0.4 is 0 Å². The summed E-state index contributed by atoms with van der Waals surface area (Å²) in [5, 5.41) is 0. The summed E-state index contributed by atoms with van der Waals surface area (Å²) in [7, 11) is 0. The molecular formula is C17H31. The van der Waals surface area contributed by atoms with Crippen LogP contribution in [-0.4, -0.2) is 0 Å². The first kappa shape index (κ1) is 16.5. The van der Waals surface area contributed by atoms with E-state index in [2.05, 4.69) is 38.2 Å². The molecule has 0 atom stereocenters. The molecule has 0 saturated heterocycles. The maximum Gasteiger partial charge on any atom is -0.0348 e. The van der Waals surface area contributed by atoms with Gasteiger partial charge in [-0.3, -0.25) is 0 Å². The first-order valence-corrected chi connectivity index (χ1v) is 7.52. The lowest BCUT2D eigenvalue weighted by molar-refractivity contribution is 0.651. The average molecular weight is 235 g/mol. The van der Waals surface area contributed by atoms with Crippen molar-refractivity contribution in [3.63, 3.8) is 0 Å². The fraction of sp³-hybridized carbons (Fsp3) is 0.706. The Labute approximate surface area is 109 Å². The number of hydrogen-bond acceptors (Lipinski definition) is 0. The predicted octanol–water partition coefficient (Wildman–Crippen LogP) is 6.24. The lowest BCUT2D eigenvalue weighted by atomic mass is 10.1. The minimum atomic E-state index is 1.09. The summed E-state index contributed by atoms with van der Waals surface area (Å²) in [4.78, 5) is 0. The van der Waals surface area contributed by atoms with Crippen LogP contribution in [0.3, 0.4) is 0 Å². The first-order chi connectivity index (χ1) is 8.41. The van der Waals surface area contributed by atoms with Gasteiger partial charge in [0.25, 0.3) is 0 Å². The largest absolute Gasteiger partial charge is 0.0845 e. The van der Waals surface area contributed by atoms with Crippen LogP contribution in [0.5, 0.6) is 0 Å². The van der Waals surface area contributed by atoms with E-state index in [9.17, 15) is 0 Å². The SMILES string of the molecule is [CH2]CCCCCC/C=C\C=C/CCCCCC. The van der Waals surface area contributed by atoms with E-state index in [0.29, 0.717) is 0 Å². The van der Waals surface area contributed by atoms with Crippen molar-refractivity contribution < 1.29 is 0 Å². The summed E-state index contributed by atoms with van der Waals surface area (Å²) >= 11 is 0. The summed E-state index contributed by atoms with van der Waals surface area (Å²) in [6.45, 7) is 6.12. The van der Waals surface area contributed by atoms with Gasteiger partial charge in [-0.1, -0.05) is 83.1 Å². The smallest absolute Gasteiger partial charge is 0.0348 e. The number of unbranched alkanes of at least 4 members (excludes halogenated alkanes) is 9. The summed E-state index contributed by atoms with van der Waals surface area (Å²) < 4.78 is 0. The van der Waals surface area contributed by atoms with Gasteiger partial charge in [-0.05, 0) is 25.7 Å². The molecule has 0 N–H and O–H groups in total. The van der Waals surface area contributed by atoms with Crippen molar-refractivity contribution >= 4 is 0 Å². The Hall–Kier alpha value is -0.520. The van der Waals surface area contributed by atoms with Gasteiger partial charge in [0.1, 0.15) is 0 Å². The highest BCUT2D eigenvalue weighted by atomic mass is 13.9. The van der Waals surface area contributed by atoms with E-state index in [4.69, 9.17) is 0 Å². The van der Waals surface area contributed by atoms with Crippen LogP contribution in [0.15, 0.2) is 24.3 Å². The molecule has 0 heteroatoms. The second-order valence-corrected chi connectivity index (χ2v) is 4.76.